The molecule has 1 rings (SSSR count). The summed E-state index contributed by atoms with van der Waals surface area (Å²) in [6.07, 6.45) is 0.985. The summed E-state index contributed by atoms with van der Waals surface area (Å²) in [6, 6.07) is 0. The molecule has 0 radical (unpaired) electrons. The van der Waals surface area contributed by atoms with Crippen LogP contribution < -0.4 is 0 Å². The minimum Gasteiger partial charge on any atom is -0.481 e. The van der Waals surface area contributed by atoms with Crippen molar-refractivity contribution in [3.05, 3.63) is 0 Å². The predicted octanol–water partition coefficient (Wildman–Crippen LogP) is 0.818. The van der Waals surface area contributed by atoms with E-state index in [4.69, 9.17) is 10.2 Å². The van der Waals surface area contributed by atoms with Gasteiger partial charge in [0.15, 0.2) is 0 Å². The van der Waals surface area contributed by atoms with E-state index in [0.29, 0.717) is 12.8 Å². The molecule has 1 aliphatic carbocycles. The molecular formula is C8H12O4. The molecule has 0 bridgehead atoms. The highest BCUT2D eigenvalue weighted by Gasteiger charge is 2.41. The molecule has 2 unspecified atom stereocenters. The molecule has 68 valence electrons. The second-order valence-corrected chi connectivity index (χ2v) is 3.47. The topological polar surface area (TPSA) is 74.6 Å². The summed E-state index contributed by atoms with van der Waals surface area (Å²) in [4.78, 5) is 21.2. The number of carboxylic acid groups (broad SMARTS) is 2. The van der Waals surface area contributed by atoms with Gasteiger partial charge in [0.05, 0.1) is 11.8 Å². The van der Waals surface area contributed by atoms with E-state index in [0.717, 1.165) is 0 Å². The Morgan fingerprint density at radius 2 is 1.42 bits per heavy atom. The Hall–Kier alpha value is -1.06. The average molecular weight is 172 g/mol. The molecular weight excluding hydrogens is 160 g/mol. The maximum absolute atomic E-state index is 10.6. The van der Waals surface area contributed by atoms with E-state index in [1.165, 1.54) is 0 Å². The number of aliphatic carboxylic acids is 2. The molecule has 1 fully saturated rings. The van der Waals surface area contributed by atoms with Crippen molar-refractivity contribution in [1.29, 1.82) is 0 Å². The normalized spacial score (nSPS) is 34.9. The smallest absolute Gasteiger partial charge is 0.307 e. The number of hydrogen-bond donors (Lipinski definition) is 2. The molecule has 1 aliphatic rings. The molecule has 0 aliphatic heterocycles. The molecule has 0 aromatic carbocycles. The molecule has 4 heteroatoms. The summed E-state index contributed by atoms with van der Waals surface area (Å²) < 4.78 is 0. The number of rotatable bonds is 2. The van der Waals surface area contributed by atoms with E-state index >= 15 is 0 Å². The second-order valence-electron chi connectivity index (χ2n) is 3.47. The molecule has 0 heterocycles. The van der Waals surface area contributed by atoms with Crippen molar-refractivity contribution in [2.24, 2.45) is 17.8 Å². The fourth-order valence-corrected chi connectivity index (χ4v) is 1.84. The number of carboxylic acids is 2. The molecule has 0 saturated heterocycles. The first kappa shape index (κ1) is 9.03. The van der Waals surface area contributed by atoms with Gasteiger partial charge in [0.1, 0.15) is 0 Å². The lowest BCUT2D eigenvalue weighted by Gasteiger charge is -2.08. The van der Waals surface area contributed by atoms with E-state index in [-0.39, 0.29) is 5.92 Å². The van der Waals surface area contributed by atoms with Crippen molar-refractivity contribution in [3.8, 4) is 0 Å². The van der Waals surface area contributed by atoms with E-state index < -0.39 is 23.8 Å². The van der Waals surface area contributed by atoms with Gasteiger partial charge >= 0.3 is 11.9 Å². The van der Waals surface area contributed by atoms with Crippen LogP contribution in [-0.4, -0.2) is 22.2 Å². The fraction of sp³-hybridized carbons (Fsp3) is 0.750. The van der Waals surface area contributed by atoms with E-state index in [1.54, 1.807) is 0 Å². The van der Waals surface area contributed by atoms with Gasteiger partial charge in [-0.15, -0.1) is 0 Å². The Labute approximate surface area is 70.2 Å². The summed E-state index contributed by atoms with van der Waals surface area (Å²) in [5.41, 5.74) is 0. The van der Waals surface area contributed by atoms with E-state index in [9.17, 15) is 9.59 Å². The Balaban J connectivity index is 2.72. The van der Waals surface area contributed by atoms with Gasteiger partial charge < -0.3 is 10.2 Å². The summed E-state index contributed by atoms with van der Waals surface area (Å²) >= 11 is 0. The number of hydrogen-bond acceptors (Lipinski definition) is 2. The lowest BCUT2D eigenvalue weighted by atomic mass is 9.97. The second kappa shape index (κ2) is 3.13. The van der Waals surface area contributed by atoms with Crippen molar-refractivity contribution in [2.45, 2.75) is 19.8 Å². The summed E-state index contributed by atoms with van der Waals surface area (Å²) in [5.74, 6) is -3.11. The van der Waals surface area contributed by atoms with Crippen LogP contribution in [0.4, 0.5) is 0 Å². The maximum Gasteiger partial charge on any atom is 0.307 e. The quantitative estimate of drug-likeness (QED) is 0.646. The van der Waals surface area contributed by atoms with Gasteiger partial charge in [-0.05, 0) is 18.8 Å². The zero-order valence-corrected chi connectivity index (χ0v) is 6.86. The van der Waals surface area contributed by atoms with Gasteiger partial charge in [-0.2, -0.15) is 0 Å². The molecule has 12 heavy (non-hydrogen) atoms. The van der Waals surface area contributed by atoms with Crippen LogP contribution in [0.1, 0.15) is 19.8 Å². The monoisotopic (exact) mass is 172 g/mol. The summed E-state index contributed by atoms with van der Waals surface area (Å²) in [6.45, 7) is 1.89. The van der Waals surface area contributed by atoms with Gasteiger partial charge in [0, 0.05) is 0 Å². The molecule has 2 N–H and O–H groups in total. The van der Waals surface area contributed by atoms with Crippen molar-refractivity contribution >= 4 is 11.9 Å². The SMILES string of the molecule is CC1CC(C(=O)O)C(C(=O)O)C1. The Morgan fingerprint density at radius 3 is 1.67 bits per heavy atom. The van der Waals surface area contributed by atoms with Crippen LogP contribution in [0.3, 0.4) is 0 Å². The Morgan fingerprint density at radius 1 is 1.08 bits per heavy atom. The van der Waals surface area contributed by atoms with Crippen molar-refractivity contribution in [2.75, 3.05) is 0 Å². The lowest BCUT2D eigenvalue weighted by Crippen LogP contribution is -2.24. The highest BCUT2D eigenvalue weighted by Crippen LogP contribution is 2.36. The van der Waals surface area contributed by atoms with Gasteiger partial charge in [0.2, 0.25) is 0 Å². The zero-order valence-electron chi connectivity index (χ0n) is 6.86. The predicted molar refractivity (Wildman–Crippen MR) is 40.6 cm³/mol. The molecule has 0 amide bonds. The van der Waals surface area contributed by atoms with Crippen LogP contribution >= 0.6 is 0 Å². The van der Waals surface area contributed by atoms with E-state index in [2.05, 4.69) is 0 Å². The molecule has 0 aromatic rings. The van der Waals surface area contributed by atoms with Crippen molar-refractivity contribution in [3.63, 3.8) is 0 Å². The van der Waals surface area contributed by atoms with Crippen LogP contribution in [0, 0.1) is 17.8 Å². The van der Waals surface area contributed by atoms with Crippen LogP contribution in [0.5, 0.6) is 0 Å². The highest BCUT2D eigenvalue weighted by atomic mass is 16.4. The Bertz CT molecular complexity index is 189. The van der Waals surface area contributed by atoms with Gasteiger partial charge in [0.25, 0.3) is 0 Å². The van der Waals surface area contributed by atoms with Crippen molar-refractivity contribution in [1.82, 2.24) is 0 Å². The minimum absolute atomic E-state index is 0.215. The zero-order chi connectivity index (χ0) is 9.30. The van der Waals surface area contributed by atoms with Gasteiger partial charge in [-0.25, -0.2) is 0 Å². The third kappa shape index (κ3) is 1.57. The summed E-state index contributed by atoms with van der Waals surface area (Å²) in [5, 5.41) is 17.4. The average Bonchev–Trinajstić information content (AvgIpc) is 2.31. The summed E-state index contributed by atoms with van der Waals surface area (Å²) in [7, 11) is 0. The third-order valence-electron chi connectivity index (χ3n) is 2.43. The van der Waals surface area contributed by atoms with Crippen LogP contribution in [0.2, 0.25) is 0 Å². The van der Waals surface area contributed by atoms with Crippen LogP contribution in [-0.2, 0) is 9.59 Å². The fourth-order valence-electron chi connectivity index (χ4n) is 1.84. The molecule has 2 atom stereocenters. The molecule has 1 saturated carbocycles. The van der Waals surface area contributed by atoms with Gasteiger partial charge in [-0.1, -0.05) is 6.92 Å². The minimum atomic E-state index is -0.980. The van der Waals surface area contributed by atoms with Crippen LogP contribution in [0.15, 0.2) is 0 Å². The Kier molecular flexibility index (Phi) is 2.35. The third-order valence-corrected chi connectivity index (χ3v) is 2.43. The maximum atomic E-state index is 10.6. The van der Waals surface area contributed by atoms with Crippen LogP contribution in [0.25, 0.3) is 0 Å². The molecule has 4 nitrogen and oxygen atoms in total. The lowest BCUT2D eigenvalue weighted by molar-refractivity contribution is -0.152. The largest absolute Gasteiger partial charge is 0.481 e. The number of carbonyl (C=O) groups is 2. The van der Waals surface area contributed by atoms with E-state index in [1.807, 2.05) is 6.92 Å². The first-order chi connectivity index (χ1) is 5.52. The molecule has 0 spiro atoms. The van der Waals surface area contributed by atoms with Gasteiger partial charge in [-0.3, -0.25) is 9.59 Å². The first-order valence-electron chi connectivity index (χ1n) is 3.98. The standard InChI is InChI=1S/C8H12O4/c1-4-2-5(7(9)10)6(3-4)8(11)12/h4-6H,2-3H2,1H3,(H,9,10)(H,11,12). The first-order valence-corrected chi connectivity index (χ1v) is 3.98. The highest BCUT2D eigenvalue weighted by molar-refractivity contribution is 5.80. The molecule has 0 aromatic heterocycles. The van der Waals surface area contributed by atoms with Crippen molar-refractivity contribution < 1.29 is 19.8 Å².